The summed E-state index contributed by atoms with van der Waals surface area (Å²) in [4.78, 5) is 18.9. The maximum atomic E-state index is 10.3. The van der Waals surface area contributed by atoms with Crippen LogP contribution < -0.4 is 0 Å². The van der Waals surface area contributed by atoms with Crippen molar-refractivity contribution in [1.82, 2.24) is 0 Å². The van der Waals surface area contributed by atoms with Crippen molar-refractivity contribution in [2.45, 2.75) is 110 Å². The summed E-state index contributed by atoms with van der Waals surface area (Å²) in [6, 6.07) is 0. The summed E-state index contributed by atoms with van der Waals surface area (Å²) in [5.41, 5.74) is 0. The van der Waals surface area contributed by atoms with Gasteiger partial charge >= 0.3 is 35.2 Å². The number of carboxylic acids is 1. The van der Waals surface area contributed by atoms with Crippen LogP contribution in [0.25, 0.3) is 0 Å². The second-order valence-corrected chi connectivity index (χ2v) is 6.38. The third-order valence-electron chi connectivity index (χ3n) is 3.99. The molecule has 3 N–H and O–H groups in total. The fourth-order valence-corrected chi connectivity index (χ4v) is 2.65. The number of hydrogen-bond acceptors (Lipinski definition) is 2. The van der Waals surface area contributed by atoms with Crippen LogP contribution in [0.1, 0.15) is 113 Å². The topological polar surface area (TPSA) is 94.8 Å². The molecule has 0 aromatic carbocycles. The Labute approximate surface area is 189 Å². The number of aliphatic carboxylic acids is 1. The van der Waals surface area contributed by atoms with Crippen LogP contribution in [0.5, 0.6) is 0 Å². The van der Waals surface area contributed by atoms with Gasteiger partial charge in [0.25, 0.3) is 0 Å². The van der Waals surface area contributed by atoms with Crippen molar-refractivity contribution in [2.75, 3.05) is 0 Å². The van der Waals surface area contributed by atoms with Gasteiger partial charge in [0.1, 0.15) is 0 Å². The van der Waals surface area contributed by atoms with Crippen molar-refractivity contribution < 1.29 is 27.8 Å². The molecule has 0 atom stereocenters. The van der Waals surface area contributed by atoms with Crippen molar-refractivity contribution >= 4 is 52.5 Å². The van der Waals surface area contributed by atoms with Crippen LogP contribution in [0.2, 0.25) is 0 Å². The zero-order valence-electron chi connectivity index (χ0n) is 18.2. The van der Waals surface area contributed by atoms with E-state index >= 15 is 0 Å². The molecular formula is C19H43AlMgO5. The molecule has 0 bridgehead atoms. The molecule has 0 heterocycles. The minimum absolute atomic E-state index is 0. The zero-order valence-corrected chi connectivity index (χ0v) is 17.6. The zero-order chi connectivity index (χ0) is 18.5. The number of carboxylic acid groups (broad SMARTS) is 3. The van der Waals surface area contributed by atoms with E-state index in [2.05, 4.69) is 6.92 Å². The first-order chi connectivity index (χ1) is 11.5. The summed E-state index contributed by atoms with van der Waals surface area (Å²) in [5, 5.41) is 22.5. The van der Waals surface area contributed by atoms with Gasteiger partial charge in [0.2, 0.25) is 0 Å². The van der Waals surface area contributed by atoms with Gasteiger partial charge in [0.15, 0.2) is 17.4 Å². The van der Waals surface area contributed by atoms with Crippen LogP contribution in [0.4, 0.5) is 4.79 Å². The van der Waals surface area contributed by atoms with Crippen LogP contribution in [0, 0.1) is 0 Å². The van der Waals surface area contributed by atoms with Crippen molar-refractivity contribution in [2.24, 2.45) is 0 Å². The van der Waals surface area contributed by atoms with Crippen LogP contribution in [-0.4, -0.2) is 67.9 Å². The molecule has 0 unspecified atom stereocenters. The number of unbranched alkanes of at least 4 members (excludes halogenated alkanes) is 14. The summed E-state index contributed by atoms with van der Waals surface area (Å²) >= 11 is 0. The molecule has 0 rings (SSSR count). The van der Waals surface area contributed by atoms with E-state index in [1.54, 1.807) is 0 Å². The Bertz CT molecular complexity index is 297. The van der Waals surface area contributed by atoms with Gasteiger partial charge in [-0.25, -0.2) is 4.79 Å². The Balaban J connectivity index is -0.000000137. The van der Waals surface area contributed by atoms with Gasteiger partial charge in [-0.05, 0) is 6.42 Å². The molecule has 0 radical (unpaired) electrons. The van der Waals surface area contributed by atoms with Gasteiger partial charge in [0.05, 0.1) is 0 Å². The molecule has 154 valence electrons. The molecule has 0 spiro atoms. The first kappa shape index (κ1) is 33.6. The summed E-state index contributed by atoms with van der Waals surface area (Å²) in [5.74, 6) is -0.653. The van der Waals surface area contributed by atoms with Gasteiger partial charge in [-0.2, -0.15) is 0 Å². The van der Waals surface area contributed by atoms with Crippen molar-refractivity contribution in [3.05, 3.63) is 0 Å². The molecular weight excluding hydrogens is 359 g/mol. The van der Waals surface area contributed by atoms with E-state index in [1.807, 2.05) is 0 Å². The monoisotopic (exact) mass is 402 g/mol. The van der Waals surface area contributed by atoms with Gasteiger partial charge in [0, 0.05) is 6.42 Å². The fourth-order valence-electron chi connectivity index (χ4n) is 2.65. The fraction of sp³-hybridized carbons (Fsp3) is 0.895. The molecule has 0 aromatic rings. The van der Waals surface area contributed by atoms with E-state index in [0.29, 0.717) is 6.42 Å². The van der Waals surface area contributed by atoms with Crippen molar-refractivity contribution in [1.29, 1.82) is 0 Å². The van der Waals surface area contributed by atoms with Crippen molar-refractivity contribution in [3.8, 4) is 0 Å². The maximum Gasteiger partial charge on any atom is 2.00 e. The predicted octanol–water partition coefficient (Wildman–Crippen LogP) is 5.22. The van der Waals surface area contributed by atoms with Crippen LogP contribution in [0.15, 0.2) is 0 Å². The Morgan fingerprint density at radius 2 is 0.846 bits per heavy atom. The maximum absolute atomic E-state index is 10.3. The van der Waals surface area contributed by atoms with Crippen LogP contribution >= 0.6 is 0 Å². The average molecular weight is 403 g/mol. The Hall–Kier alpha value is 0.0387. The molecule has 0 saturated heterocycles. The smallest absolute Gasteiger partial charge is 1.00 e. The second kappa shape index (κ2) is 29.8. The third-order valence-corrected chi connectivity index (χ3v) is 3.99. The molecule has 0 amide bonds. The molecule has 5 nitrogen and oxygen atoms in total. The van der Waals surface area contributed by atoms with E-state index < -0.39 is 12.1 Å². The number of rotatable bonds is 16. The van der Waals surface area contributed by atoms with Gasteiger partial charge in [-0.1, -0.05) is 96.8 Å². The number of hydrogen-bond donors (Lipinski definition) is 3. The van der Waals surface area contributed by atoms with E-state index in [-0.39, 0.29) is 43.3 Å². The molecule has 0 aliphatic rings. The summed E-state index contributed by atoms with van der Waals surface area (Å²) in [7, 11) is 0. The normalized spacial score (nSPS) is 9.27. The van der Waals surface area contributed by atoms with Crippen molar-refractivity contribution in [3.63, 3.8) is 0 Å². The van der Waals surface area contributed by atoms with E-state index in [1.165, 1.54) is 83.5 Å². The van der Waals surface area contributed by atoms with Gasteiger partial charge < -0.3 is 18.2 Å². The van der Waals surface area contributed by atoms with E-state index in [0.717, 1.165) is 12.8 Å². The molecule has 0 aliphatic heterocycles. The summed E-state index contributed by atoms with van der Waals surface area (Å²) in [6.45, 7) is 2.27. The van der Waals surface area contributed by atoms with Crippen LogP contribution in [0.3, 0.4) is 0 Å². The minimum Gasteiger partial charge on any atom is -1.00 e. The molecule has 0 aliphatic carbocycles. The molecule has 0 saturated carbocycles. The first-order valence-electron chi connectivity index (χ1n) is 9.64. The second-order valence-electron chi connectivity index (χ2n) is 6.38. The Morgan fingerprint density at radius 3 is 1.08 bits per heavy atom. The quantitative estimate of drug-likeness (QED) is 0.243. The SMILES string of the molecule is CCCCCCCCCCCCCCCCCC(=O)O.O=C(O)O.[AlH3].[H-].[H-].[Mg+2]. The molecule has 0 fully saturated rings. The van der Waals surface area contributed by atoms with Gasteiger partial charge in [-0.3, -0.25) is 4.79 Å². The van der Waals surface area contributed by atoms with E-state index in [9.17, 15) is 4.79 Å². The first-order valence-corrected chi connectivity index (χ1v) is 9.64. The summed E-state index contributed by atoms with van der Waals surface area (Å²) < 4.78 is 0. The number of carbonyl (C=O) groups is 2. The van der Waals surface area contributed by atoms with E-state index in [4.69, 9.17) is 20.1 Å². The minimum atomic E-state index is -1.83. The largest absolute Gasteiger partial charge is 2.00 e. The predicted molar refractivity (Wildman–Crippen MR) is 116 cm³/mol. The third kappa shape index (κ3) is 43.9. The Kier molecular flexibility index (Phi) is 38.5. The molecule has 26 heavy (non-hydrogen) atoms. The molecule has 7 heteroatoms. The van der Waals surface area contributed by atoms with Gasteiger partial charge in [-0.15, -0.1) is 0 Å². The standard InChI is InChI=1S/C18H36O2.CH2O3.Al.Mg.5H/c1-2-3-4-5-6-7-8-9-10-11-12-13-14-15-16-17-18(19)20;2-1(3)4;;;;;;;/h2-17H2,1H3,(H,19,20);(H2,2,3,4);;;;;;;/q;;;+2;;;;2*-1. The molecule has 0 aromatic heterocycles. The van der Waals surface area contributed by atoms with Crippen LogP contribution in [-0.2, 0) is 4.79 Å². The Morgan fingerprint density at radius 1 is 0.615 bits per heavy atom. The average Bonchev–Trinajstić information content (AvgIpc) is 2.50. The summed E-state index contributed by atoms with van der Waals surface area (Å²) in [6.07, 6.45) is 18.4.